The molecule has 0 heterocycles. The summed E-state index contributed by atoms with van der Waals surface area (Å²) in [5.41, 5.74) is 7.64. The fraction of sp³-hybridized carbons (Fsp3) is 0.316. The molecule has 0 spiro atoms. The Balaban J connectivity index is 1.77. The first-order valence-corrected chi connectivity index (χ1v) is 10.1. The summed E-state index contributed by atoms with van der Waals surface area (Å²) in [6.07, 6.45) is 2.33. The Hall–Kier alpha value is -2.38. The number of nitrogens with one attached hydrogen (secondary N) is 2. The zero-order valence-corrected chi connectivity index (χ0v) is 15.4. The Labute approximate surface area is 153 Å². The quantitative estimate of drug-likeness (QED) is 0.750. The first kappa shape index (κ1) is 18.4. The van der Waals surface area contributed by atoms with E-state index >= 15 is 0 Å². The molecule has 0 radical (unpaired) electrons. The average molecular weight is 373 g/mol. The highest BCUT2D eigenvalue weighted by atomic mass is 32.2. The van der Waals surface area contributed by atoms with Crippen LogP contribution in [0.5, 0.6) is 0 Å². The van der Waals surface area contributed by atoms with Crippen LogP contribution in [-0.4, -0.2) is 20.4 Å². The van der Waals surface area contributed by atoms with Crippen LogP contribution in [-0.2, 0) is 14.8 Å². The van der Waals surface area contributed by atoms with Crippen molar-refractivity contribution < 1.29 is 13.2 Å². The Morgan fingerprint density at radius 3 is 2.50 bits per heavy atom. The third-order valence-corrected chi connectivity index (χ3v) is 6.03. The summed E-state index contributed by atoms with van der Waals surface area (Å²) in [5, 5.41) is 2.87. The second-order valence-corrected chi connectivity index (χ2v) is 8.39. The van der Waals surface area contributed by atoms with E-state index in [4.69, 9.17) is 5.73 Å². The maximum absolute atomic E-state index is 12.5. The molecule has 4 N–H and O–H groups in total. The van der Waals surface area contributed by atoms with E-state index in [0.29, 0.717) is 17.8 Å². The van der Waals surface area contributed by atoms with Crippen molar-refractivity contribution in [2.75, 3.05) is 10.0 Å². The van der Waals surface area contributed by atoms with E-state index in [-0.39, 0.29) is 22.8 Å². The van der Waals surface area contributed by atoms with Crippen LogP contribution in [0.1, 0.15) is 24.8 Å². The van der Waals surface area contributed by atoms with E-state index in [1.54, 1.807) is 36.4 Å². The lowest BCUT2D eigenvalue weighted by Gasteiger charge is -2.14. The topological polar surface area (TPSA) is 101 Å². The highest BCUT2D eigenvalue weighted by Gasteiger charge is 2.27. The molecule has 2 aromatic rings. The Morgan fingerprint density at radius 1 is 1.12 bits per heavy atom. The number of amides is 1. The lowest BCUT2D eigenvalue weighted by Crippen LogP contribution is -2.23. The van der Waals surface area contributed by atoms with E-state index in [2.05, 4.69) is 10.0 Å². The predicted octanol–water partition coefficient (Wildman–Crippen LogP) is 2.86. The van der Waals surface area contributed by atoms with Gasteiger partial charge >= 0.3 is 0 Å². The zero-order chi connectivity index (χ0) is 18.7. The summed E-state index contributed by atoms with van der Waals surface area (Å²) in [5.74, 6) is -0.158. The fourth-order valence-corrected chi connectivity index (χ4v) is 4.25. The van der Waals surface area contributed by atoms with Crippen molar-refractivity contribution >= 4 is 27.3 Å². The minimum Gasteiger partial charge on any atom is -0.328 e. The van der Waals surface area contributed by atoms with Crippen molar-refractivity contribution in [3.63, 3.8) is 0 Å². The summed E-state index contributed by atoms with van der Waals surface area (Å²) in [6, 6.07) is 13.4. The van der Waals surface area contributed by atoms with E-state index in [1.807, 2.05) is 6.92 Å². The number of hydrogen-bond donors (Lipinski definition) is 3. The van der Waals surface area contributed by atoms with Crippen LogP contribution in [0.2, 0.25) is 0 Å². The van der Waals surface area contributed by atoms with Crippen LogP contribution in [0.15, 0.2) is 53.4 Å². The molecular weight excluding hydrogens is 350 g/mol. The summed E-state index contributed by atoms with van der Waals surface area (Å²) >= 11 is 0. The first-order chi connectivity index (χ1) is 12.3. The molecule has 1 aliphatic rings. The summed E-state index contributed by atoms with van der Waals surface area (Å²) in [6.45, 7) is 1.81. The van der Waals surface area contributed by atoms with Crippen LogP contribution in [0.4, 0.5) is 11.4 Å². The number of carbonyl (C=O) groups excluding carboxylic acids is 1. The lowest BCUT2D eigenvalue weighted by molar-refractivity contribution is -0.119. The normalized spacial score (nSPS) is 19.9. The van der Waals surface area contributed by atoms with E-state index in [1.165, 1.54) is 12.1 Å². The van der Waals surface area contributed by atoms with Gasteiger partial charge in [-0.25, -0.2) is 8.42 Å². The highest BCUT2D eigenvalue weighted by Crippen LogP contribution is 2.27. The summed E-state index contributed by atoms with van der Waals surface area (Å²) in [4.78, 5) is 12.5. The molecule has 1 amide bonds. The van der Waals surface area contributed by atoms with E-state index in [9.17, 15) is 13.2 Å². The highest BCUT2D eigenvalue weighted by molar-refractivity contribution is 7.92. The molecule has 7 heteroatoms. The Morgan fingerprint density at radius 2 is 1.85 bits per heavy atom. The molecule has 1 saturated carbocycles. The third kappa shape index (κ3) is 4.23. The van der Waals surface area contributed by atoms with Gasteiger partial charge in [0.05, 0.1) is 10.6 Å². The lowest BCUT2D eigenvalue weighted by atomic mass is 10.1. The molecule has 0 bridgehead atoms. The number of anilines is 2. The number of hydrogen-bond acceptors (Lipinski definition) is 4. The molecule has 2 unspecified atom stereocenters. The average Bonchev–Trinajstić information content (AvgIpc) is 3.05. The minimum absolute atomic E-state index is 0.0707. The molecule has 0 aliphatic heterocycles. The van der Waals surface area contributed by atoms with Gasteiger partial charge in [-0.1, -0.05) is 24.3 Å². The smallest absolute Gasteiger partial charge is 0.261 e. The molecular formula is C19H23N3O3S. The van der Waals surface area contributed by atoms with Gasteiger partial charge in [0.25, 0.3) is 10.0 Å². The number of aryl methyl sites for hydroxylation is 1. The zero-order valence-electron chi connectivity index (χ0n) is 14.6. The SMILES string of the molecule is Cc1ccc(NC(=O)C2CCC(N)C2)cc1NS(=O)(=O)c1ccccc1. The van der Waals surface area contributed by atoms with Crippen LogP contribution in [0.3, 0.4) is 0 Å². The van der Waals surface area contributed by atoms with E-state index in [0.717, 1.165) is 18.4 Å². The van der Waals surface area contributed by atoms with Gasteiger partial charge in [-0.05, 0) is 56.0 Å². The largest absolute Gasteiger partial charge is 0.328 e. The summed E-state index contributed by atoms with van der Waals surface area (Å²) in [7, 11) is -3.68. The van der Waals surface area contributed by atoms with Crippen molar-refractivity contribution in [3.8, 4) is 0 Å². The van der Waals surface area contributed by atoms with Gasteiger partial charge in [0.15, 0.2) is 0 Å². The van der Waals surface area contributed by atoms with E-state index < -0.39 is 10.0 Å². The molecule has 3 rings (SSSR count). The van der Waals surface area contributed by atoms with Gasteiger partial charge in [-0.3, -0.25) is 9.52 Å². The molecule has 138 valence electrons. The molecule has 1 aliphatic carbocycles. The monoisotopic (exact) mass is 373 g/mol. The molecule has 2 atom stereocenters. The standard InChI is InChI=1S/C19H23N3O3S/c1-13-7-10-16(21-19(23)14-8-9-15(20)11-14)12-18(13)22-26(24,25)17-5-3-2-4-6-17/h2-7,10,12,14-15,22H,8-9,11,20H2,1H3,(H,21,23). The number of carbonyl (C=O) groups is 1. The van der Waals surface area contributed by atoms with Crippen LogP contribution >= 0.6 is 0 Å². The maximum atomic E-state index is 12.5. The molecule has 26 heavy (non-hydrogen) atoms. The fourth-order valence-electron chi connectivity index (χ4n) is 3.11. The van der Waals surface area contributed by atoms with Gasteiger partial charge in [-0.2, -0.15) is 0 Å². The number of benzene rings is 2. The predicted molar refractivity (Wildman–Crippen MR) is 102 cm³/mol. The second kappa shape index (κ2) is 7.47. The van der Waals surface area contributed by atoms with Gasteiger partial charge in [0.2, 0.25) is 5.91 Å². The van der Waals surface area contributed by atoms with Crippen LogP contribution < -0.4 is 15.8 Å². The van der Waals surface area contributed by atoms with Gasteiger partial charge in [0.1, 0.15) is 0 Å². The molecule has 6 nitrogen and oxygen atoms in total. The first-order valence-electron chi connectivity index (χ1n) is 8.60. The van der Waals surface area contributed by atoms with Crippen molar-refractivity contribution in [1.29, 1.82) is 0 Å². The Bertz CT molecular complexity index is 898. The maximum Gasteiger partial charge on any atom is 0.261 e. The molecule has 0 aromatic heterocycles. The van der Waals surface area contributed by atoms with Crippen molar-refractivity contribution in [1.82, 2.24) is 0 Å². The van der Waals surface area contributed by atoms with Gasteiger partial charge in [0, 0.05) is 17.6 Å². The molecule has 1 fully saturated rings. The Kier molecular flexibility index (Phi) is 5.29. The van der Waals surface area contributed by atoms with Gasteiger partial charge in [-0.15, -0.1) is 0 Å². The second-order valence-electron chi connectivity index (χ2n) is 6.71. The van der Waals surface area contributed by atoms with Crippen molar-refractivity contribution in [3.05, 3.63) is 54.1 Å². The van der Waals surface area contributed by atoms with Gasteiger partial charge < -0.3 is 11.1 Å². The van der Waals surface area contributed by atoms with Crippen molar-refractivity contribution in [2.45, 2.75) is 37.1 Å². The van der Waals surface area contributed by atoms with Crippen molar-refractivity contribution in [2.24, 2.45) is 11.7 Å². The summed E-state index contributed by atoms with van der Waals surface area (Å²) < 4.78 is 27.6. The minimum atomic E-state index is -3.68. The molecule has 2 aromatic carbocycles. The number of rotatable bonds is 5. The number of nitrogens with two attached hydrogens (primary N) is 1. The van der Waals surface area contributed by atoms with Crippen LogP contribution in [0.25, 0.3) is 0 Å². The number of sulfonamides is 1. The van der Waals surface area contributed by atoms with Crippen LogP contribution in [0, 0.1) is 12.8 Å². The molecule has 0 saturated heterocycles. The third-order valence-electron chi connectivity index (χ3n) is 4.65.